The molecule has 0 aliphatic carbocycles. The molecule has 1 heterocycles. The second kappa shape index (κ2) is 5.18. The van der Waals surface area contributed by atoms with Gasteiger partial charge in [0, 0.05) is 30.5 Å². The number of carbonyl (C=O) groups is 1. The minimum absolute atomic E-state index is 0.254. The molecule has 1 unspecified atom stereocenters. The first-order chi connectivity index (χ1) is 10.0. The first-order valence-electron chi connectivity index (χ1n) is 6.63. The summed E-state index contributed by atoms with van der Waals surface area (Å²) < 4.78 is 12.9. The van der Waals surface area contributed by atoms with Crippen molar-refractivity contribution in [3.05, 3.63) is 59.4 Å². The fourth-order valence-corrected chi connectivity index (χ4v) is 2.43. The highest BCUT2D eigenvalue weighted by Gasteiger charge is 2.28. The molecule has 0 saturated heterocycles. The third-order valence-electron chi connectivity index (χ3n) is 3.61. The quantitative estimate of drug-likeness (QED) is 0.911. The van der Waals surface area contributed by atoms with E-state index < -0.39 is 12.0 Å². The molecule has 0 bridgehead atoms. The molecule has 0 aromatic heterocycles. The van der Waals surface area contributed by atoms with Gasteiger partial charge in [-0.05, 0) is 29.8 Å². The summed E-state index contributed by atoms with van der Waals surface area (Å²) in [6, 6.07) is 11.8. The summed E-state index contributed by atoms with van der Waals surface area (Å²) in [5.74, 6) is -0.654. The van der Waals surface area contributed by atoms with Crippen LogP contribution < -0.4 is 10.2 Å². The number of benzene rings is 2. The molecule has 3 rings (SSSR count). The van der Waals surface area contributed by atoms with E-state index in [1.54, 1.807) is 18.2 Å². The molecule has 4 nitrogen and oxygen atoms in total. The fraction of sp³-hybridized carbons (Fsp3) is 0.188. The van der Waals surface area contributed by atoms with Crippen molar-refractivity contribution in [2.24, 2.45) is 0 Å². The molecule has 0 spiro atoms. The molecule has 2 aromatic carbocycles. The van der Waals surface area contributed by atoms with Crippen LogP contribution in [0.1, 0.15) is 17.2 Å². The Morgan fingerprint density at radius 1 is 1.24 bits per heavy atom. The predicted octanol–water partition coefficient (Wildman–Crippen LogP) is 2.45. The van der Waals surface area contributed by atoms with Gasteiger partial charge in [0.2, 0.25) is 0 Å². The van der Waals surface area contributed by atoms with Crippen molar-refractivity contribution in [1.82, 2.24) is 0 Å². The standard InChI is InChI=1S/C16H15FN2O2/c1-19(9-10-2-4-11(17)5-3-10)12-6-7-13-14(8-12)18-16(21)15(13)20/h2-8,15,20H,9H2,1H3,(H,18,21). The van der Waals surface area contributed by atoms with Gasteiger partial charge in [0.1, 0.15) is 5.82 Å². The summed E-state index contributed by atoms with van der Waals surface area (Å²) in [6.07, 6.45) is -1.09. The van der Waals surface area contributed by atoms with Gasteiger partial charge < -0.3 is 15.3 Å². The van der Waals surface area contributed by atoms with Crippen LogP contribution in [0, 0.1) is 5.82 Å². The summed E-state index contributed by atoms with van der Waals surface area (Å²) in [5.41, 5.74) is 3.13. The van der Waals surface area contributed by atoms with Crippen LogP contribution in [-0.2, 0) is 11.3 Å². The van der Waals surface area contributed by atoms with Crippen molar-refractivity contribution >= 4 is 17.3 Å². The van der Waals surface area contributed by atoms with Gasteiger partial charge in [-0.1, -0.05) is 18.2 Å². The van der Waals surface area contributed by atoms with Gasteiger partial charge in [-0.2, -0.15) is 0 Å². The average Bonchev–Trinajstić information content (AvgIpc) is 2.76. The Balaban J connectivity index is 1.80. The summed E-state index contributed by atoms with van der Waals surface area (Å²) in [4.78, 5) is 13.4. The zero-order valence-electron chi connectivity index (χ0n) is 11.5. The number of aliphatic hydroxyl groups is 1. The minimum atomic E-state index is -1.09. The maximum Gasteiger partial charge on any atom is 0.257 e. The fourth-order valence-electron chi connectivity index (χ4n) is 2.43. The number of aliphatic hydroxyl groups excluding tert-OH is 1. The van der Waals surface area contributed by atoms with E-state index in [2.05, 4.69) is 5.32 Å². The van der Waals surface area contributed by atoms with Crippen LogP contribution in [0.25, 0.3) is 0 Å². The van der Waals surface area contributed by atoms with Gasteiger partial charge in [-0.15, -0.1) is 0 Å². The molecular formula is C16H15FN2O2. The lowest BCUT2D eigenvalue weighted by Crippen LogP contribution is -2.16. The molecule has 0 saturated carbocycles. The smallest absolute Gasteiger partial charge is 0.257 e. The number of nitrogens with zero attached hydrogens (tertiary/aromatic N) is 1. The van der Waals surface area contributed by atoms with Crippen LogP contribution in [0.5, 0.6) is 0 Å². The van der Waals surface area contributed by atoms with Gasteiger partial charge >= 0.3 is 0 Å². The molecule has 1 aliphatic heterocycles. The molecule has 1 atom stereocenters. The average molecular weight is 286 g/mol. The SMILES string of the molecule is CN(Cc1ccc(F)cc1)c1ccc2c(c1)NC(=O)C2O. The Kier molecular flexibility index (Phi) is 3.35. The molecule has 5 heteroatoms. The zero-order chi connectivity index (χ0) is 15.0. The Labute approximate surface area is 121 Å². The Bertz CT molecular complexity index is 685. The lowest BCUT2D eigenvalue weighted by atomic mass is 10.1. The Morgan fingerprint density at radius 3 is 2.67 bits per heavy atom. The second-order valence-corrected chi connectivity index (χ2v) is 5.15. The van der Waals surface area contributed by atoms with E-state index in [1.807, 2.05) is 24.1 Å². The Hall–Kier alpha value is -2.40. The van der Waals surface area contributed by atoms with Crippen LogP contribution in [0.3, 0.4) is 0 Å². The molecule has 1 amide bonds. The van der Waals surface area contributed by atoms with Crippen LogP contribution >= 0.6 is 0 Å². The third kappa shape index (κ3) is 2.60. The van der Waals surface area contributed by atoms with E-state index in [9.17, 15) is 14.3 Å². The topological polar surface area (TPSA) is 52.6 Å². The molecule has 2 aromatic rings. The van der Waals surface area contributed by atoms with Gasteiger partial charge in [-0.3, -0.25) is 4.79 Å². The van der Waals surface area contributed by atoms with Crippen LogP contribution in [0.4, 0.5) is 15.8 Å². The number of fused-ring (bicyclic) bond motifs is 1. The molecule has 2 N–H and O–H groups in total. The number of nitrogens with one attached hydrogen (secondary N) is 1. The predicted molar refractivity (Wildman–Crippen MR) is 78.5 cm³/mol. The number of hydrogen-bond acceptors (Lipinski definition) is 3. The minimum Gasteiger partial charge on any atom is -0.378 e. The van der Waals surface area contributed by atoms with Crippen molar-refractivity contribution < 1.29 is 14.3 Å². The number of amides is 1. The molecule has 21 heavy (non-hydrogen) atoms. The number of hydrogen-bond donors (Lipinski definition) is 2. The summed E-state index contributed by atoms with van der Waals surface area (Å²) in [7, 11) is 1.91. The van der Waals surface area contributed by atoms with Gasteiger partial charge in [0.05, 0.1) is 0 Å². The third-order valence-corrected chi connectivity index (χ3v) is 3.61. The number of halogens is 1. The van der Waals surface area contributed by atoms with Crippen molar-refractivity contribution in [1.29, 1.82) is 0 Å². The lowest BCUT2D eigenvalue weighted by molar-refractivity contribution is -0.123. The van der Waals surface area contributed by atoms with Crippen LogP contribution in [0.15, 0.2) is 42.5 Å². The highest BCUT2D eigenvalue weighted by molar-refractivity contribution is 6.02. The summed E-state index contributed by atoms with van der Waals surface area (Å²) in [6.45, 7) is 0.621. The van der Waals surface area contributed by atoms with E-state index >= 15 is 0 Å². The molecular weight excluding hydrogens is 271 g/mol. The van der Waals surface area contributed by atoms with Gasteiger partial charge in [0.25, 0.3) is 5.91 Å². The highest BCUT2D eigenvalue weighted by atomic mass is 19.1. The van der Waals surface area contributed by atoms with Crippen molar-refractivity contribution in [2.45, 2.75) is 12.6 Å². The zero-order valence-corrected chi connectivity index (χ0v) is 11.5. The number of anilines is 2. The molecule has 0 radical (unpaired) electrons. The first kappa shape index (κ1) is 13.6. The molecule has 0 fully saturated rings. The van der Waals surface area contributed by atoms with E-state index in [1.165, 1.54) is 12.1 Å². The van der Waals surface area contributed by atoms with Crippen molar-refractivity contribution in [3.8, 4) is 0 Å². The van der Waals surface area contributed by atoms with E-state index in [0.29, 0.717) is 17.8 Å². The Morgan fingerprint density at radius 2 is 1.95 bits per heavy atom. The van der Waals surface area contributed by atoms with E-state index in [-0.39, 0.29) is 5.82 Å². The van der Waals surface area contributed by atoms with Crippen LogP contribution in [0.2, 0.25) is 0 Å². The maximum absolute atomic E-state index is 12.9. The summed E-state index contributed by atoms with van der Waals surface area (Å²) in [5, 5.41) is 12.3. The maximum atomic E-state index is 12.9. The van der Waals surface area contributed by atoms with Gasteiger partial charge in [0.15, 0.2) is 6.10 Å². The number of rotatable bonds is 3. The number of carbonyl (C=O) groups excluding carboxylic acids is 1. The van der Waals surface area contributed by atoms with Crippen molar-refractivity contribution in [3.63, 3.8) is 0 Å². The second-order valence-electron chi connectivity index (χ2n) is 5.15. The van der Waals surface area contributed by atoms with Crippen molar-refractivity contribution in [2.75, 3.05) is 17.3 Å². The van der Waals surface area contributed by atoms with E-state index in [4.69, 9.17) is 0 Å². The first-order valence-corrected chi connectivity index (χ1v) is 6.63. The normalized spacial score (nSPS) is 16.5. The largest absolute Gasteiger partial charge is 0.378 e. The monoisotopic (exact) mass is 286 g/mol. The van der Waals surface area contributed by atoms with E-state index in [0.717, 1.165) is 11.3 Å². The molecule has 1 aliphatic rings. The van der Waals surface area contributed by atoms with Crippen LogP contribution in [-0.4, -0.2) is 18.1 Å². The van der Waals surface area contributed by atoms with Gasteiger partial charge in [-0.25, -0.2) is 4.39 Å². The lowest BCUT2D eigenvalue weighted by Gasteiger charge is -2.20. The summed E-state index contributed by atoms with van der Waals surface area (Å²) >= 11 is 0. The molecule has 108 valence electrons. The highest BCUT2D eigenvalue weighted by Crippen LogP contribution is 2.33.